The summed E-state index contributed by atoms with van der Waals surface area (Å²) in [6, 6.07) is 9.80. The molecule has 3 nitrogen and oxygen atoms in total. The fourth-order valence-corrected chi connectivity index (χ4v) is 1.48. The van der Waals surface area contributed by atoms with E-state index in [0.29, 0.717) is 6.54 Å². The number of hydrogen-bond acceptors (Lipinski definition) is 2. The predicted octanol–water partition coefficient (Wildman–Crippen LogP) is 1.26. The van der Waals surface area contributed by atoms with E-state index in [9.17, 15) is 4.79 Å². The van der Waals surface area contributed by atoms with E-state index < -0.39 is 0 Å². The van der Waals surface area contributed by atoms with Crippen LogP contribution in [0.2, 0.25) is 0 Å². The lowest BCUT2D eigenvalue weighted by molar-refractivity contribution is -0.122. The normalized spacial score (nSPS) is 24.4. The molecule has 0 saturated carbocycles. The van der Waals surface area contributed by atoms with Crippen LogP contribution >= 0.6 is 0 Å². The van der Waals surface area contributed by atoms with Crippen LogP contribution in [-0.2, 0) is 9.53 Å². The van der Waals surface area contributed by atoms with Crippen molar-refractivity contribution in [3.05, 3.63) is 35.9 Å². The SMILES string of the molecule is CCNC(=O)C1OC1c1ccccc1. The van der Waals surface area contributed by atoms with E-state index in [2.05, 4.69) is 5.32 Å². The lowest BCUT2D eigenvalue weighted by atomic mass is 10.1. The van der Waals surface area contributed by atoms with Gasteiger partial charge >= 0.3 is 0 Å². The molecule has 74 valence electrons. The number of epoxide rings is 1. The molecule has 14 heavy (non-hydrogen) atoms. The minimum absolute atomic E-state index is 0.0126. The van der Waals surface area contributed by atoms with Crippen LogP contribution in [0.25, 0.3) is 0 Å². The smallest absolute Gasteiger partial charge is 0.252 e. The molecule has 1 aliphatic heterocycles. The number of ether oxygens (including phenoxy) is 1. The summed E-state index contributed by atoms with van der Waals surface area (Å²) in [5.41, 5.74) is 1.07. The Labute approximate surface area is 83.1 Å². The highest BCUT2D eigenvalue weighted by atomic mass is 16.6. The summed E-state index contributed by atoms with van der Waals surface area (Å²) in [6.07, 6.45) is -0.319. The maximum atomic E-state index is 11.4. The van der Waals surface area contributed by atoms with Gasteiger partial charge in [-0.3, -0.25) is 4.79 Å². The molecular weight excluding hydrogens is 178 g/mol. The molecule has 1 aromatic rings. The second kappa shape index (κ2) is 3.80. The molecule has 1 amide bonds. The molecule has 0 radical (unpaired) electrons. The number of amides is 1. The van der Waals surface area contributed by atoms with Crippen molar-refractivity contribution in [1.82, 2.24) is 5.32 Å². The van der Waals surface area contributed by atoms with Gasteiger partial charge in [-0.1, -0.05) is 30.3 Å². The van der Waals surface area contributed by atoms with Crippen LogP contribution in [0.5, 0.6) is 0 Å². The van der Waals surface area contributed by atoms with Crippen molar-refractivity contribution in [2.24, 2.45) is 0 Å². The minimum atomic E-state index is -0.280. The van der Waals surface area contributed by atoms with Crippen LogP contribution in [0.15, 0.2) is 30.3 Å². The van der Waals surface area contributed by atoms with Gasteiger partial charge in [0.1, 0.15) is 6.10 Å². The van der Waals surface area contributed by atoms with Crippen molar-refractivity contribution < 1.29 is 9.53 Å². The van der Waals surface area contributed by atoms with Crippen molar-refractivity contribution in [1.29, 1.82) is 0 Å². The van der Waals surface area contributed by atoms with Crippen LogP contribution < -0.4 is 5.32 Å². The van der Waals surface area contributed by atoms with Crippen molar-refractivity contribution in [2.45, 2.75) is 19.1 Å². The van der Waals surface area contributed by atoms with Gasteiger partial charge in [-0.2, -0.15) is 0 Å². The second-order valence-electron chi connectivity index (χ2n) is 3.28. The van der Waals surface area contributed by atoms with E-state index >= 15 is 0 Å². The molecule has 1 aromatic carbocycles. The quantitative estimate of drug-likeness (QED) is 0.731. The lowest BCUT2D eigenvalue weighted by Crippen LogP contribution is -2.27. The highest BCUT2D eigenvalue weighted by Gasteiger charge is 2.45. The zero-order valence-electron chi connectivity index (χ0n) is 8.07. The maximum absolute atomic E-state index is 11.4. The Balaban J connectivity index is 1.96. The van der Waals surface area contributed by atoms with Gasteiger partial charge in [-0.05, 0) is 12.5 Å². The molecule has 1 saturated heterocycles. The number of carbonyl (C=O) groups excluding carboxylic acids is 1. The third kappa shape index (κ3) is 1.77. The number of likely N-dealkylation sites (N-methyl/N-ethyl adjacent to an activating group) is 1. The fraction of sp³-hybridized carbons (Fsp3) is 0.364. The van der Waals surface area contributed by atoms with Gasteiger partial charge in [0, 0.05) is 6.54 Å². The third-order valence-corrected chi connectivity index (χ3v) is 2.23. The molecule has 1 fully saturated rings. The van der Waals surface area contributed by atoms with Gasteiger partial charge < -0.3 is 10.1 Å². The van der Waals surface area contributed by atoms with E-state index in [1.807, 2.05) is 37.3 Å². The number of rotatable bonds is 3. The van der Waals surface area contributed by atoms with Crippen molar-refractivity contribution >= 4 is 5.91 Å². The van der Waals surface area contributed by atoms with Gasteiger partial charge in [0.05, 0.1) is 0 Å². The van der Waals surface area contributed by atoms with E-state index in [1.54, 1.807) is 0 Å². The summed E-state index contributed by atoms with van der Waals surface area (Å²) in [5.74, 6) is -0.0126. The molecule has 1 aliphatic rings. The monoisotopic (exact) mass is 191 g/mol. The summed E-state index contributed by atoms with van der Waals surface area (Å²) >= 11 is 0. The summed E-state index contributed by atoms with van der Waals surface area (Å²) in [7, 11) is 0. The van der Waals surface area contributed by atoms with E-state index in [0.717, 1.165) is 5.56 Å². The largest absolute Gasteiger partial charge is 0.354 e. The Hall–Kier alpha value is -1.35. The zero-order chi connectivity index (χ0) is 9.97. The van der Waals surface area contributed by atoms with Gasteiger partial charge in [0.2, 0.25) is 0 Å². The maximum Gasteiger partial charge on any atom is 0.252 e. The first-order valence-electron chi connectivity index (χ1n) is 4.81. The van der Waals surface area contributed by atoms with E-state index in [-0.39, 0.29) is 18.1 Å². The summed E-state index contributed by atoms with van der Waals surface area (Å²) < 4.78 is 5.31. The number of benzene rings is 1. The molecule has 3 heteroatoms. The van der Waals surface area contributed by atoms with E-state index in [4.69, 9.17) is 4.74 Å². The third-order valence-electron chi connectivity index (χ3n) is 2.23. The average molecular weight is 191 g/mol. The highest BCUT2D eigenvalue weighted by molar-refractivity contribution is 5.83. The summed E-state index contributed by atoms with van der Waals surface area (Å²) in [4.78, 5) is 11.4. The molecule has 1 N–H and O–H groups in total. The van der Waals surface area contributed by atoms with Crippen molar-refractivity contribution in [3.63, 3.8) is 0 Å². The first kappa shape index (κ1) is 9.21. The highest BCUT2D eigenvalue weighted by Crippen LogP contribution is 2.38. The molecule has 0 spiro atoms. The molecule has 0 aromatic heterocycles. The van der Waals surface area contributed by atoms with Crippen LogP contribution in [-0.4, -0.2) is 18.6 Å². The molecule has 2 unspecified atom stereocenters. The first-order chi connectivity index (χ1) is 6.83. The van der Waals surface area contributed by atoms with Gasteiger partial charge in [0.25, 0.3) is 5.91 Å². The van der Waals surface area contributed by atoms with Gasteiger partial charge in [0.15, 0.2) is 6.10 Å². The number of nitrogens with one attached hydrogen (secondary N) is 1. The topological polar surface area (TPSA) is 41.6 Å². The van der Waals surface area contributed by atoms with Crippen LogP contribution in [0.3, 0.4) is 0 Å². The standard InChI is InChI=1S/C11H13NO2/c1-2-12-11(13)10-9(14-10)8-6-4-3-5-7-8/h3-7,9-10H,2H2,1H3,(H,12,13). The Bertz CT molecular complexity index is 323. The fourth-order valence-electron chi connectivity index (χ4n) is 1.48. The summed E-state index contributed by atoms with van der Waals surface area (Å²) in [6.45, 7) is 2.55. The molecule has 0 bridgehead atoms. The minimum Gasteiger partial charge on any atom is -0.354 e. The number of hydrogen-bond donors (Lipinski definition) is 1. The molecule has 2 atom stereocenters. The van der Waals surface area contributed by atoms with Crippen LogP contribution in [0.4, 0.5) is 0 Å². The van der Waals surface area contributed by atoms with Crippen molar-refractivity contribution in [2.75, 3.05) is 6.54 Å². The zero-order valence-corrected chi connectivity index (χ0v) is 8.07. The lowest BCUT2D eigenvalue weighted by Gasteiger charge is -1.97. The first-order valence-corrected chi connectivity index (χ1v) is 4.81. The average Bonchev–Trinajstić information content (AvgIpc) is 2.99. The number of carbonyl (C=O) groups is 1. The Morgan fingerprint density at radius 1 is 1.43 bits per heavy atom. The Morgan fingerprint density at radius 2 is 2.14 bits per heavy atom. The molecule has 1 heterocycles. The van der Waals surface area contributed by atoms with Gasteiger partial charge in [-0.15, -0.1) is 0 Å². The molecular formula is C11H13NO2. The Kier molecular flexibility index (Phi) is 2.50. The van der Waals surface area contributed by atoms with Gasteiger partial charge in [-0.25, -0.2) is 0 Å². The molecule has 0 aliphatic carbocycles. The summed E-state index contributed by atoms with van der Waals surface area (Å²) in [5, 5.41) is 2.74. The Morgan fingerprint density at radius 3 is 2.79 bits per heavy atom. The van der Waals surface area contributed by atoms with Crippen molar-refractivity contribution in [3.8, 4) is 0 Å². The van der Waals surface area contributed by atoms with Crippen LogP contribution in [0.1, 0.15) is 18.6 Å². The van der Waals surface area contributed by atoms with E-state index in [1.165, 1.54) is 0 Å². The molecule has 2 rings (SSSR count). The van der Waals surface area contributed by atoms with Crippen LogP contribution in [0, 0.1) is 0 Å². The second-order valence-corrected chi connectivity index (χ2v) is 3.28. The predicted molar refractivity (Wildman–Crippen MR) is 52.7 cm³/mol.